The summed E-state index contributed by atoms with van der Waals surface area (Å²) < 4.78 is 11.2. The molecule has 18 heavy (non-hydrogen) atoms. The van der Waals surface area contributed by atoms with Gasteiger partial charge in [0.05, 0.1) is 19.3 Å². The van der Waals surface area contributed by atoms with Crippen LogP contribution in [0.5, 0.6) is 11.5 Å². The number of benzene rings is 1. The molecule has 0 aromatic heterocycles. The lowest BCUT2D eigenvalue weighted by atomic mass is 10.1. The Morgan fingerprint density at radius 3 is 2.44 bits per heavy atom. The summed E-state index contributed by atoms with van der Waals surface area (Å²) in [6, 6.07) is 5.90. The van der Waals surface area contributed by atoms with Gasteiger partial charge in [-0.25, -0.2) is 0 Å². The highest BCUT2D eigenvalue weighted by molar-refractivity contribution is 5.64. The second-order valence-electron chi connectivity index (χ2n) is 3.68. The van der Waals surface area contributed by atoms with Crippen molar-refractivity contribution in [2.75, 3.05) is 13.2 Å². The standard InChI is InChI=1S/C15H19NO2/c1-4-12-10-14(17-5-2)11-13(8-7-9-16)15(12)18-6-3/h7-8,10-11H,4-6H2,1-3H3. The van der Waals surface area contributed by atoms with Crippen LogP contribution in [0.15, 0.2) is 18.2 Å². The van der Waals surface area contributed by atoms with Crippen molar-refractivity contribution in [3.8, 4) is 17.6 Å². The topological polar surface area (TPSA) is 42.2 Å². The van der Waals surface area contributed by atoms with Crippen molar-refractivity contribution >= 4 is 6.08 Å². The Hall–Kier alpha value is -1.95. The first-order valence-electron chi connectivity index (χ1n) is 6.25. The molecule has 0 heterocycles. The minimum absolute atomic E-state index is 0.606. The largest absolute Gasteiger partial charge is 0.494 e. The number of ether oxygens (including phenoxy) is 2. The van der Waals surface area contributed by atoms with Gasteiger partial charge in [-0.2, -0.15) is 5.26 Å². The first kappa shape index (κ1) is 14.1. The highest BCUT2D eigenvalue weighted by Gasteiger charge is 2.10. The number of nitrogens with zero attached hydrogens (tertiary/aromatic N) is 1. The smallest absolute Gasteiger partial charge is 0.129 e. The van der Waals surface area contributed by atoms with E-state index < -0.39 is 0 Å². The van der Waals surface area contributed by atoms with Crippen LogP contribution in [0.2, 0.25) is 0 Å². The lowest BCUT2D eigenvalue weighted by molar-refractivity contribution is 0.327. The van der Waals surface area contributed by atoms with Gasteiger partial charge in [-0.05, 0) is 44.0 Å². The van der Waals surface area contributed by atoms with Crippen molar-refractivity contribution in [3.05, 3.63) is 29.3 Å². The first-order valence-corrected chi connectivity index (χ1v) is 6.25. The molecule has 0 N–H and O–H groups in total. The van der Waals surface area contributed by atoms with Crippen LogP contribution in [0.3, 0.4) is 0 Å². The van der Waals surface area contributed by atoms with Gasteiger partial charge in [-0.3, -0.25) is 0 Å². The summed E-state index contributed by atoms with van der Waals surface area (Å²) in [7, 11) is 0. The highest BCUT2D eigenvalue weighted by Crippen LogP contribution is 2.31. The van der Waals surface area contributed by atoms with Crippen LogP contribution in [0, 0.1) is 11.3 Å². The molecule has 0 unspecified atom stereocenters. The second kappa shape index (κ2) is 7.39. The average molecular weight is 245 g/mol. The zero-order valence-electron chi connectivity index (χ0n) is 11.2. The zero-order valence-corrected chi connectivity index (χ0v) is 11.2. The number of hydrogen-bond donors (Lipinski definition) is 0. The van der Waals surface area contributed by atoms with Crippen molar-refractivity contribution in [1.82, 2.24) is 0 Å². The van der Waals surface area contributed by atoms with Crippen LogP contribution >= 0.6 is 0 Å². The molecule has 0 saturated carbocycles. The molecule has 0 bridgehead atoms. The Kier molecular flexibility index (Phi) is 5.79. The molecular weight excluding hydrogens is 226 g/mol. The number of rotatable bonds is 6. The van der Waals surface area contributed by atoms with E-state index in [1.54, 1.807) is 6.08 Å². The van der Waals surface area contributed by atoms with Gasteiger partial charge in [0.15, 0.2) is 0 Å². The minimum Gasteiger partial charge on any atom is -0.494 e. The number of hydrogen-bond acceptors (Lipinski definition) is 3. The van der Waals surface area contributed by atoms with Crippen molar-refractivity contribution in [2.45, 2.75) is 27.2 Å². The quantitative estimate of drug-likeness (QED) is 0.719. The summed E-state index contributed by atoms with van der Waals surface area (Å²) in [6.45, 7) is 7.21. The molecule has 0 amide bonds. The Labute approximate surface area is 109 Å². The lowest BCUT2D eigenvalue weighted by Crippen LogP contribution is -2.00. The van der Waals surface area contributed by atoms with Crippen LogP contribution in [-0.2, 0) is 6.42 Å². The van der Waals surface area contributed by atoms with Crippen molar-refractivity contribution < 1.29 is 9.47 Å². The van der Waals surface area contributed by atoms with Gasteiger partial charge in [-0.15, -0.1) is 0 Å². The predicted octanol–water partition coefficient (Wildman–Crippen LogP) is 3.58. The van der Waals surface area contributed by atoms with E-state index in [1.165, 1.54) is 6.08 Å². The zero-order chi connectivity index (χ0) is 13.4. The normalized spacial score (nSPS) is 10.3. The van der Waals surface area contributed by atoms with Gasteiger partial charge in [0, 0.05) is 11.6 Å². The molecule has 0 radical (unpaired) electrons. The number of aryl methyl sites for hydroxylation is 1. The molecule has 1 aromatic rings. The van der Waals surface area contributed by atoms with Crippen molar-refractivity contribution in [2.24, 2.45) is 0 Å². The van der Waals surface area contributed by atoms with Crippen LogP contribution in [0.4, 0.5) is 0 Å². The Morgan fingerprint density at radius 2 is 1.89 bits per heavy atom. The van der Waals surface area contributed by atoms with Crippen molar-refractivity contribution in [1.29, 1.82) is 5.26 Å². The predicted molar refractivity (Wildman–Crippen MR) is 72.8 cm³/mol. The van der Waals surface area contributed by atoms with Crippen LogP contribution in [0.1, 0.15) is 31.9 Å². The number of allylic oxidation sites excluding steroid dienone is 1. The van der Waals surface area contributed by atoms with Crippen LogP contribution in [0.25, 0.3) is 6.08 Å². The molecule has 0 aliphatic rings. The van der Waals surface area contributed by atoms with Gasteiger partial charge in [0.25, 0.3) is 0 Å². The molecular formula is C15H19NO2. The van der Waals surface area contributed by atoms with E-state index in [9.17, 15) is 0 Å². The maximum absolute atomic E-state index is 8.64. The third-order valence-corrected chi connectivity index (χ3v) is 2.49. The van der Waals surface area contributed by atoms with Gasteiger partial charge < -0.3 is 9.47 Å². The van der Waals surface area contributed by atoms with Gasteiger partial charge in [0.1, 0.15) is 11.5 Å². The monoisotopic (exact) mass is 245 g/mol. The average Bonchev–Trinajstić information content (AvgIpc) is 2.38. The summed E-state index contributed by atoms with van der Waals surface area (Å²) >= 11 is 0. The summed E-state index contributed by atoms with van der Waals surface area (Å²) in [5.74, 6) is 1.66. The Balaban J connectivity index is 3.27. The van der Waals surface area contributed by atoms with E-state index in [1.807, 2.05) is 32.0 Å². The molecule has 0 aliphatic carbocycles. The summed E-state index contributed by atoms with van der Waals surface area (Å²) in [4.78, 5) is 0. The van der Waals surface area contributed by atoms with E-state index in [-0.39, 0.29) is 0 Å². The van der Waals surface area contributed by atoms with Gasteiger partial charge in [-0.1, -0.05) is 6.92 Å². The summed E-state index contributed by atoms with van der Waals surface area (Å²) in [6.07, 6.45) is 4.07. The fourth-order valence-electron chi connectivity index (χ4n) is 1.77. The maximum atomic E-state index is 8.64. The SMILES string of the molecule is CCOc1cc(C=CC#N)c(OCC)c(CC)c1. The van der Waals surface area contributed by atoms with E-state index in [0.29, 0.717) is 13.2 Å². The third-order valence-electron chi connectivity index (χ3n) is 2.49. The van der Waals surface area contributed by atoms with Gasteiger partial charge in [0.2, 0.25) is 0 Å². The Morgan fingerprint density at radius 1 is 1.17 bits per heavy atom. The molecule has 3 heteroatoms. The van der Waals surface area contributed by atoms with E-state index in [0.717, 1.165) is 29.0 Å². The molecule has 0 aliphatic heterocycles. The van der Waals surface area contributed by atoms with Crippen LogP contribution in [-0.4, -0.2) is 13.2 Å². The van der Waals surface area contributed by atoms with E-state index >= 15 is 0 Å². The molecule has 1 aromatic carbocycles. The Bertz CT molecular complexity index is 458. The summed E-state index contributed by atoms with van der Waals surface area (Å²) in [5.41, 5.74) is 1.99. The molecule has 1 rings (SSSR count). The first-order chi connectivity index (χ1) is 8.76. The van der Waals surface area contributed by atoms with Gasteiger partial charge >= 0.3 is 0 Å². The molecule has 0 fully saturated rings. The van der Waals surface area contributed by atoms with E-state index in [4.69, 9.17) is 14.7 Å². The van der Waals surface area contributed by atoms with E-state index in [2.05, 4.69) is 6.92 Å². The lowest BCUT2D eigenvalue weighted by Gasteiger charge is -2.14. The molecule has 0 spiro atoms. The second-order valence-corrected chi connectivity index (χ2v) is 3.68. The molecule has 96 valence electrons. The maximum Gasteiger partial charge on any atom is 0.129 e. The molecule has 0 atom stereocenters. The minimum atomic E-state index is 0.606. The highest BCUT2D eigenvalue weighted by atomic mass is 16.5. The van der Waals surface area contributed by atoms with Crippen molar-refractivity contribution in [3.63, 3.8) is 0 Å². The fraction of sp³-hybridized carbons (Fsp3) is 0.400. The van der Waals surface area contributed by atoms with Crippen LogP contribution < -0.4 is 9.47 Å². The molecule has 3 nitrogen and oxygen atoms in total. The molecule has 0 saturated heterocycles. The third kappa shape index (κ3) is 3.53. The number of nitriles is 1. The fourth-order valence-corrected chi connectivity index (χ4v) is 1.77. The summed E-state index contributed by atoms with van der Waals surface area (Å²) in [5, 5.41) is 8.64.